The van der Waals surface area contributed by atoms with Gasteiger partial charge in [-0.1, -0.05) is 24.3 Å². The van der Waals surface area contributed by atoms with Gasteiger partial charge >= 0.3 is 0 Å². The van der Waals surface area contributed by atoms with E-state index in [0.29, 0.717) is 12.3 Å². The summed E-state index contributed by atoms with van der Waals surface area (Å²) in [6.07, 6.45) is 9.85. The van der Waals surface area contributed by atoms with Gasteiger partial charge in [0.2, 0.25) is 11.8 Å². The number of hydrogen-bond acceptors (Lipinski definition) is 3. The number of carbonyl (C=O) groups excluding carboxylic acids is 2. The normalized spacial score (nSPS) is 24.5. The van der Waals surface area contributed by atoms with E-state index in [4.69, 9.17) is 4.74 Å². The molecule has 0 unspecified atom stereocenters. The molecule has 156 valence electrons. The first-order chi connectivity index (χ1) is 14.2. The van der Waals surface area contributed by atoms with E-state index in [1.807, 2.05) is 29.2 Å². The molecule has 29 heavy (non-hydrogen) atoms. The maximum atomic E-state index is 13.1. The van der Waals surface area contributed by atoms with Gasteiger partial charge in [-0.3, -0.25) is 9.59 Å². The molecule has 3 aliphatic rings. The summed E-state index contributed by atoms with van der Waals surface area (Å²) in [6, 6.07) is 8.02. The number of piperidine rings is 2. The second-order valence-corrected chi connectivity index (χ2v) is 8.56. The van der Waals surface area contributed by atoms with E-state index in [0.717, 1.165) is 75.0 Å². The highest BCUT2D eigenvalue weighted by Crippen LogP contribution is 2.33. The first-order valence-electron chi connectivity index (χ1n) is 11.1. The van der Waals surface area contributed by atoms with E-state index < -0.39 is 0 Å². The average Bonchev–Trinajstić information content (AvgIpc) is 2.78. The van der Waals surface area contributed by atoms with E-state index in [1.54, 1.807) is 7.11 Å². The van der Waals surface area contributed by atoms with Crippen LogP contribution in [0.1, 0.15) is 50.5 Å². The molecule has 0 N–H and O–H groups in total. The highest BCUT2D eigenvalue weighted by atomic mass is 16.5. The largest absolute Gasteiger partial charge is 0.496 e. The van der Waals surface area contributed by atoms with Gasteiger partial charge in [0.05, 0.1) is 13.5 Å². The molecule has 2 aliphatic heterocycles. The fourth-order valence-electron chi connectivity index (χ4n) is 5.22. The van der Waals surface area contributed by atoms with Crippen molar-refractivity contribution < 1.29 is 14.3 Å². The van der Waals surface area contributed by atoms with Crippen LogP contribution < -0.4 is 4.74 Å². The molecule has 4 rings (SSSR count). The molecular weight excluding hydrogens is 364 g/mol. The van der Waals surface area contributed by atoms with Crippen LogP contribution in [0.15, 0.2) is 35.9 Å². The Morgan fingerprint density at radius 3 is 2.76 bits per heavy atom. The Morgan fingerprint density at radius 1 is 1.10 bits per heavy atom. The van der Waals surface area contributed by atoms with Crippen molar-refractivity contribution in [3.63, 3.8) is 0 Å². The lowest BCUT2D eigenvalue weighted by Gasteiger charge is -2.47. The monoisotopic (exact) mass is 396 g/mol. The SMILES string of the molecule is COc1ccccc1CC(=O)N1CC[C@H]2[C@@H](CCCN2C(=O)C2=CCCCC2)C1. The molecule has 0 saturated carbocycles. The van der Waals surface area contributed by atoms with Crippen LogP contribution in [0.4, 0.5) is 0 Å². The Kier molecular flexibility index (Phi) is 6.22. The van der Waals surface area contributed by atoms with Crippen molar-refractivity contribution in [1.82, 2.24) is 9.80 Å². The van der Waals surface area contributed by atoms with Crippen molar-refractivity contribution in [3.05, 3.63) is 41.5 Å². The summed E-state index contributed by atoms with van der Waals surface area (Å²) in [7, 11) is 1.64. The van der Waals surface area contributed by atoms with Gasteiger partial charge in [0, 0.05) is 36.8 Å². The van der Waals surface area contributed by atoms with Crippen molar-refractivity contribution in [3.8, 4) is 5.75 Å². The number of carbonyl (C=O) groups is 2. The smallest absolute Gasteiger partial charge is 0.249 e. The summed E-state index contributed by atoms with van der Waals surface area (Å²) in [5, 5.41) is 0. The van der Waals surface area contributed by atoms with Crippen molar-refractivity contribution in [2.24, 2.45) is 5.92 Å². The quantitative estimate of drug-likeness (QED) is 0.782. The summed E-state index contributed by atoms with van der Waals surface area (Å²) in [5.41, 5.74) is 1.96. The molecule has 0 radical (unpaired) electrons. The number of rotatable bonds is 4. The molecule has 2 fully saturated rings. The topological polar surface area (TPSA) is 49.9 Å². The van der Waals surface area contributed by atoms with Crippen molar-refractivity contribution in [1.29, 1.82) is 0 Å². The van der Waals surface area contributed by atoms with Gasteiger partial charge in [0.25, 0.3) is 0 Å². The minimum absolute atomic E-state index is 0.159. The molecule has 2 saturated heterocycles. The number of benzene rings is 1. The molecule has 0 spiro atoms. The zero-order valence-electron chi connectivity index (χ0n) is 17.4. The number of likely N-dealkylation sites (tertiary alicyclic amines) is 2. The van der Waals surface area contributed by atoms with Crippen LogP contribution in [0.5, 0.6) is 5.75 Å². The lowest BCUT2D eigenvalue weighted by atomic mass is 9.83. The lowest BCUT2D eigenvalue weighted by Crippen LogP contribution is -2.57. The summed E-state index contributed by atoms with van der Waals surface area (Å²) >= 11 is 0. The molecule has 1 aromatic rings. The minimum Gasteiger partial charge on any atom is -0.496 e. The van der Waals surface area contributed by atoms with Gasteiger partial charge in [0.15, 0.2) is 0 Å². The first kappa shape index (κ1) is 20.0. The molecule has 2 amide bonds. The predicted molar refractivity (Wildman–Crippen MR) is 113 cm³/mol. The zero-order chi connectivity index (χ0) is 20.2. The predicted octanol–water partition coefficient (Wildman–Crippen LogP) is 3.58. The van der Waals surface area contributed by atoms with Crippen LogP contribution in [0.2, 0.25) is 0 Å². The summed E-state index contributed by atoms with van der Waals surface area (Å²) in [5.74, 6) is 1.58. The number of methoxy groups -OCH3 is 1. The molecule has 1 aliphatic carbocycles. The standard InChI is InChI=1S/C24H32N2O3/c1-29-22-12-6-5-10-19(22)16-23(27)25-15-13-21-20(17-25)11-7-14-26(21)24(28)18-8-3-2-4-9-18/h5-6,8,10,12,20-21H,2-4,7,9,11,13-17H2,1H3/t20-,21-/m0/s1. The Bertz CT molecular complexity index is 788. The molecule has 5 nitrogen and oxygen atoms in total. The number of hydrogen-bond donors (Lipinski definition) is 0. The van der Waals surface area contributed by atoms with Crippen LogP contribution in [-0.4, -0.2) is 54.4 Å². The van der Waals surface area contributed by atoms with Crippen LogP contribution >= 0.6 is 0 Å². The maximum absolute atomic E-state index is 13.1. The van der Waals surface area contributed by atoms with Crippen LogP contribution in [0.3, 0.4) is 0 Å². The van der Waals surface area contributed by atoms with Gasteiger partial charge in [-0.25, -0.2) is 0 Å². The molecule has 0 bridgehead atoms. The lowest BCUT2D eigenvalue weighted by molar-refractivity contribution is -0.139. The number of amides is 2. The number of ether oxygens (including phenoxy) is 1. The minimum atomic E-state index is 0.159. The van der Waals surface area contributed by atoms with E-state index in [-0.39, 0.29) is 17.9 Å². The number of allylic oxidation sites excluding steroid dienone is 1. The fourth-order valence-corrected chi connectivity index (χ4v) is 5.22. The van der Waals surface area contributed by atoms with Crippen LogP contribution in [0, 0.1) is 5.92 Å². The third-order valence-corrected chi connectivity index (χ3v) is 6.78. The highest BCUT2D eigenvalue weighted by Gasteiger charge is 2.39. The van der Waals surface area contributed by atoms with Crippen LogP contribution in [-0.2, 0) is 16.0 Å². The van der Waals surface area contributed by atoms with Gasteiger partial charge in [-0.05, 0) is 56.9 Å². The fraction of sp³-hybridized carbons (Fsp3) is 0.583. The summed E-state index contributed by atoms with van der Waals surface area (Å²) in [4.78, 5) is 30.2. The Morgan fingerprint density at radius 2 is 1.97 bits per heavy atom. The molecule has 0 aromatic heterocycles. The summed E-state index contributed by atoms with van der Waals surface area (Å²) < 4.78 is 5.40. The van der Waals surface area contributed by atoms with E-state index in [9.17, 15) is 9.59 Å². The van der Waals surface area contributed by atoms with E-state index in [2.05, 4.69) is 11.0 Å². The van der Waals surface area contributed by atoms with Gasteiger partial charge in [-0.2, -0.15) is 0 Å². The number of para-hydroxylation sites is 1. The molecule has 2 heterocycles. The number of fused-ring (bicyclic) bond motifs is 1. The number of nitrogens with zero attached hydrogens (tertiary/aromatic N) is 2. The molecule has 1 aromatic carbocycles. The second kappa shape index (κ2) is 9.02. The van der Waals surface area contributed by atoms with Gasteiger partial charge < -0.3 is 14.5 Å². The average molecular weight is 397 g/mol. The third-order valence-electron chi connectivity index (χ3n) is 6.78. The van der Waals surface area contributed by atoms with Crippen molar-refractivity contribution in [2.45, 2.75) is 57.4 Å². The van der Waals surface area contributed by atoms with E-state index in [1.165, 1.54) is 6.42 Å². The zero-order valence-corrected chi connectivity index (χ0v) is 17.4. The maximum Gasteiger partial charge on any atom is 0.249 e. The van der Waals surface area contributed by atoms with E-state index >= 15 is 0 Å². The molecule has 2 atom stereocenters. The highest BCUT2D eigenvalue weighted by molar-refractivity contribution is 5.94. The van der Waals surface area contributed by atoms with Gasteiger partial charge in [-0.15, -0.1) is 0 Å². The second-order valence-electron chi connectivity index (χ2n) is 8.56. The van der Waals surface area contributed by atoms with Crippen molar-refractivity contribution in [2.75, 3.05) is 26.7 Å². The third kappa shape index (κ3) is 4.34. The molecule has 5 heteroatoms. The summed E-state index contributed by atoms with van der Waals surface area (Å²) in [6.45, 7) is 2.37. The van der Waals surface area contributed by atoms with Crippen molar-refractivity contribution >= 4 is 11.8 Å². The molecular formula is C24H32N2O3. The first-order valence-corrected chi connectivity index (χ1v) is 11.1. The Labute approximate surface area is 173 Å². The van der Waals surface area contributed by atoms with Crippen LogP contribution in [0.25, 0.3) is 0 Å². The Hall–Kier alpha value is -2.30. The van der Waals surface area contributed by atoms with Gasteiger partial charge in [0.1, 0.15) is 5.75 Å². The Balaban J connectivity index is 1.40.